The Morgan fingerprint density at radius 3 is 2.75 bits per heavy atom. The topological polar surface area (TPSA) is 55.1 Å². The molecular formula is C15H15BrN2OS. The molecule has 2 aromatic carbocycles. The fourth-order valence-electron chi connectivity index (χ4n) is 1.69. The van der Waals surface area contributed by atoms with Crippen molar-refractivity contribution in [3.8, 4) is 0 Å². The SMILES string of the molecule is Cc1ccc(SCC(=O)Nc2ccccc2Br)c(N)c1. The summed E-state index contributed by atoms with van der Waals surface area (Å²) < 4.78 is 0.869. The Labute approximate surface area is 131 Å². The summed E-state index contributed by atoms with van der Waals surface area (Å²) >= 11 is 4.84. The summed E-state index contributed by atoms with van der Waals surface area (Å²) in [7, 11) is 0. The van der Waals surface area contributed by atoms with Gasteiger partial charge in [0.15, 0.2) is 0 Å². The number of amides is 1. The van der Waals surface area contributed by atoms with E-state index in [1.54, 1.807) is 0 Å². The smallest absolute Gasteiger partial charge is 0.234 e. The molecule has 104 valence electrons. The molecule has 0 atom stereocenters. The number of nitrogens with two attached hydrogens (primary N) is 1. The molecule has 3 N–H and O–H groups in total. The first-order chi connectivity index (χ1) is 9.56. The van der Waals surface area contributed by atoms with Crippen LogP contribution >= 0.6 is 27.7 Å². The molecule has 0 fully saturated rings. The third-order valence-electron chi connectivity index (χ3n) is 2.67. The van der Waals surface area contributed by atoms with E-state index in [9.17, 15) is 4.79 Å². The Morgan fingerprint density at radius 2 is 2.05 bits per heavy atom. The summed E-state index contributed by atoms with van der Waals surface area (Å²) in [6.07, 6.45) is 0. The van der Waals surface area contributed by atoms with Crippen LogP contribution in [0, 0.1) is 6.92 Å². The van der Waals surface area contributed by atoms with E-state index in [2.05, 4.69) is 21.2 Å². The highest BCUT2D eigenvalue weighted by Gasteiger charge is 2.07. The molecule has 0 saturated heterocycles. The molecule has 0 unspecified atom stereocenters. The second kappa shape index (κ2) is 6.81. The van der Waals surface area contributed by atoms with E-state index in [-0.39, 0.29) is 5.91 Å². The lowest BCUT2D eigenvalue weighted by Crippen LogP contribution is -2.14. The first-order valence-electron chi connectivity index (χ1n) is 6.09. The average molecular weight is 351 g/mol. The number of hydrogen-bond donors (Lipinski definition) is 2. The van der Waals surface area contributed by atoms with Crippen LogP contribution in [0.1, 0.15) is 5.56 Å². The molecule has 2 rings (SSSR count). The zero-order valence-corrected chi connectivity index (χ0v) is 13.4. The average Bonchev–Trinajstić information content (AvgIpc) is 2.40. The number of anilines is 2. The Bertz CT molecular complexity index is 631. The maximum absolute atomic E-state index is 11.9. The Morgan fingerprint density at radius 1 is 1.30 bits per heavy atom. The van der Waals surface area contributed by atoms with Gasteiger partial charge in [-0.05, 0) is 52.7 Å². The lowest BCUT2D eigenvalue weighted by atomic mass is 10.2. The van der Waals surface area contributed by atoms with E-state index in [4.69, 9.17) is 5.73 Å². The van der Waals surface area contributed by atoms with E-state index in [1.165, 1.54) is 11.8 Å². The number of halogens is 1. The summed E-state index contributed by atoms with van der Waals surface area (Å²) in [4.78, 5) is 12.9. The van der Waals surface area contributed by atoms with Gasteiger partial charge < -0.3 is 11.1 Å². The van der Waals surface area contributed by atoms with Crippen molar-refractivity contribution < 1.29 is 4.79 Å². The van der Waals surface area contributed by atoms with Crippen molar-refractivity contribution in [2.75, 3.05) is 16.8 Å². The first kappa shape index (κ1) is 14.9. The molecule has 2 aromatic rings. The lowest BCUT2D eigenvalue weighted by Gasteiger charge is -2.08. The second-order valence-corrected chi connectivity index (χ2v) is 6.23. The van der Waals surface area contributed by atoms with Crippen molar-refractivity contribution in [2.24, 2.45) is 0 Å². The molecule has 20 heavy (non-hydrogen) atoms. The van der Waals surface area contributed by atoms with Crippen LogP contribution in [0.25, 0.3) is 0 Å². The summed E-state index contributed by atoms with van der Waals surface area (Å²) in [5.74, 6) is 0.274. The van der Waals surface area contributed by atoms with E-state index in [0.29, 0.717) is 11.4 Å². The molecule has 5 heteroatoms. The summed E-state index contributed by atoms with van der Waals surface area (Å²) in [5.41, 5.74) is 8.52. The molecule has 0 spiro atoms. The lowest BCUT2D eigenvalue weighted by molar-refractivity contribution is -0.113. The zero-order valence-electron chi connectivity index (χ0n) is 11.0. The van der Waals surface area contributed by atoms with Crippen LogP contribution < -0.4 is 11.1 Å². The second-order valence-electron chi connectivity index (χ2n) is 4.36. The number of hydrogen-bond acceptors (Lipinski definition) is 3. The fraction of sp³-hybridized carbons (Fsp3) is 0.133. The molecule has 0 bridgehead atoms. The van der Waals surface area contributed by atoms with Gasteiger partial charge in [0.25, 0.3) is 0 Å². The van der Waals surface area contributed by atoms with E-state index in [0.717, 1.165) is 20.6 Å². The van der Waals surface area contributed by atoms with Gasteiger partial charge in [-0.25, -0.2) is 0 Å². The van der Waals surface area contributed by atoms with Gasteiger partial charge in [0.1, 0.15) is 0 Å². The van der Waals surface area contributed by atoms with Crippen LogP contribution in [0.5, 0.6) is 0 Å². The minimum Gasteiger partial charge on any atom is -0.398 e. The molecule has 0 aromatic heterocycles. The van der Waals surface area contributed by atoms with Crippen LogP contribution in [-0.2, 0) is 4.79 Å². The van der Waals surface area contributed by atoms with Crippen molar-refractivity contribution in [2.45, 2.75) is 11.8 Å². The first-order valence-corrected chi connectivity index (χ1v) is 7.87. The zero-order chi connectivity index (χ0) is 14.5. The largest absolute Gasteiger partial charge is 0.398 e. The molecule has 1 amide bonds. The third kappa shape index (κ3) is 4.02. The fourth-order valence-corrected chi connectivity index (χ4v) is 2.82. The summed E-state index contributed by atoms with van der Waals surface area (Å²) in [6.45, 7) is 1.99. The summed E-state index contributed by atoms with van der Waals surface area (Å²) in [6, 6.07) is 13.4. The number of thioether (sulfide) groups is 1. The highest BCUT2D eigenvalue weighted by atomic mass is 79.9. The van der Waals surface area contributed by atoms with Gasteiger partial charge in [-0.2, -0.15) is 0 Å². The maximum Gasteiger partial charge on any atom is 0.234 e. The number of benzene rings is 2. The monoisotopic (exact) mass is 350 g/mol. The standard InChI is InChI=1S/C15H15BrN2OS/c1-10-6-7-14(12(17)8-10)20-9-15(19)18-13-5-3-2-4-11(13)16/h2-8H,9,17H2,1H3,(H,18,19). The molecule has 0 aliphatic rings. The van der Waals surface area contributed by atoms with Crippen LogP contribution in [0.3, 0.4) is 0 Å². The van der Waals surface area contributed by atoms with Gasteiger partial charge in [-0.3, -0.25) is 4.79 Å². The molecule has 0 saturated carbocycles. The van der Waals surface area contributed by atoms with Crippen molar-refractivity contribution in [1.29, 1.82) is 0 Å². The predicted molar refractivity (Wildman–Crippen MR) is 89.1 cm³/mol. The minimum absolute atomic E-state index is 0.0538. The molecular weight excluding hydrogens is 336 g/mol. The Kier molecular flexibility index (Phi) is 5.09. The normalized spacial score (nSPS) is 10.3. The molecule has 3 nitrogen and oxygen atoms in total. The Balaban J connectivity index is 1.94. The van der Waals surface area contributed by atoms with Crippen molar-refractivity contribution in [1.82, 2.24) is 0 Å². The van der Waals surface area contributed by atoms with Gasteiger partial charge in [0.05, 0.1) is 11.4 Å². The number of nitrogens with one attached hydrogen (secondary N) is 1. The molecule has 0 aliphatic heterocycles. The quantitative estimate of drug-likeness (QED) is 0.645. The van der Waals surface area contributed by atoms with Gasteiger partial charge in [-0.1, -0.05) is 18.2 Å². The van der Waals surface area contributed by atoms with Crippen LogP contribution in [-0.4, -0.2) is 11.7 Å². The number of nitrogen functional groups attached to an aromatic ring is 1. The van der Waals surface area contributed by atoms with Gasteiger partial charge in [0, 0.05) is 15.1 Å². The van der Waals surface area contributed by atoms with Gasteiger partial charge >= 0.3 is 0 Å². The number of carbonyl (C=O) groups excluding carboxylic acids is 1. The van der Waals surface area contributed by atoms with Crippen molar-refractivity contribution >= 4 is 45.0 Å². The molecule has 0 radical (unpaired) electrons. The van der Waals surface area contributed by atoms with Gasteiger partial charge in [0.2, 0.25) is 5.91 Å². The molecule has 0 aliphatic carbocycles. The van der Waals surface area contributed by atoms with Crippen LogP contribution in [0.2, 0.25) is 0 Å². The predicted octanol–water partition coefficient (Wildman–Crippen LogP) is 4.07. The highest BCUT2D eigenvalue weighted by Crippen LogP contribution is 2.26. The van der Waals surface area contributed by atoms with Crippen molar-refractivity contribution in [3.63, 3.8) is 0 Å². The maximum atomic E-state index is 11.9. The summed E-state index contributed by atoms with van der Waals surface area (Å²) in [5, 5.41) is 2.86. The number of rotatable bonds is 4. The molecule has 0 heterocycles. The minimum atomic E-state index is -0.0538. The Hall–Kier alpha value is -1.46. The van der Waals surface area contributed by atoms with Gasteiger partial charge in [-0.15, -0.1) is 11.8 Å². The number of carbonyl (C=O) groups is 1. The number of aryl methyl sites for hydroxylation is 1. The van der Waals surface area contributed by atoms with Crippen LogP contribution in [0.15, 0.2) is 51.8 Å². The highest BCUT2D eigenvalue weighted by molar-refractivity contribution is 9.10. The number of para-hydroxylation sites is 1. The van der Waals surface area contributed by atoms with Crippen molar-refractivity contribution in [3.05, 3.63) is 52.5 Å². The third-order valence-corrected chi connectivity index (χ3v) is 4.45. The van der Waals surface area contributed by atoms with E-state index in [1.807, 2.05) is 49.4 Å². The van der Waals surface area contributed by atoms with E-state index < -0.39 is 0 Å². The van der Waals surface area contributed by atoms with E-state index >= 15 is 0 Å². The van der Waals surface area contributed by atoms with Crippen LogP contribution in [0.4, 0.5) is 11.4 Å².